The Morgan fingerprint density at radius 3 is 2.53 bits per heavy atom. The molecule has 0 N–H and O–H groups in total. The van der Waals surface area contributed by atoms with Gasteiger partial charge in [-0.25, -0.2) is 12.2 Å². The second-order valence-corrected chi connectivity index (χ2v) is 5.61. The summed E-state index contributed by atoms with van der Waals surface area (Å²) in [5.74, 6) is 4.01. The van der Waals surface area contributed by atoms with E-state index in [1.807, 2.05) is 0 Å². The number of allylic oxidation sites excluding steroid dienone is 4. The van der Waals surface area contributed by atoms with Crippen LogP contribution in [0, 0.1) is 43.1 Å². The molecule has 1 fully saturated rings. The molecule has 0 radical (unpaired) electrons. The molecule has 0 heterocycles. The normalized spacial score (nSPS) is 32.4. The topological polar surface area (TPSA) is 0 Å². The van der Waals surface area contributed by atoms with Crippen molar-refractivity contribution in [2.45, 2.75) is 40.0 Å². The van der Waals surface area contributed by atoms with Gasteiger partial charge in [0.25, 0.3) is 0 Å². The Morgan fingerprint density at radius 2 is 1.88 bits per heavy atom. The van der Waals surface area contributed by atoms with Crippen LogP contribution in [0.5, 0.6) is 0 Å². The van der Waals surface area contributed by atoms with Gasteiger partial charge >= 0.3 is 19.5 Å². The maximum Gasteiger partial charge on any atom is 2.00 e. The number of hydrogen-bond acceptors (Lipinski definition) is 0. The van der Waals surface area contributed by atoms with Gasteiger partial charge in [0, 0.05) is 0 Å². The van der Waals surface area contributed by atoms with Gasteiger partial charge in [0.15, 0.2) is 0 Å². The zero-order chi connectivity index (χ0) is 10.8. The second kappa shape index (κ2) is 7.52. The van der Waals surface area contributed by atoms with E-state index >= 15 is 0 Å². The minimum atomic E-state index is 0. The predicted molar refractivity (Wildman–Crippen MR) is 71.7 cm³/mol. The van der Waals surface area contributed by atoms with Crippen LogP contribution in [0.3, 0.4) is 0 Å². The molecule has 2 aliphatic rings. The van der Waals surface area contributed by atoms with Gasteiger partial charge in [-0.1, -0.05) is 39.5 Å². The Hall–Kier alpha value is 0.103. The van der Waals surface area contributed by atoms with Crippen molar-refractivity contribution < 1.29 is 19.5 Å². The van der Waals surface area contributed by atoms with E-state index in [0.29, 0.717) is 5.92 Å². The largest absolute Gasteiger partial charge is 2.00 e. The second-order valence-electron chi connectivity index (χ2n) is 5.61. The molecule has 0 spiro atoms. The summed E-state index contributed by atoms with van der Waals surface area (Å²) in [6.07, 6.45) is 14.5. The molecule has 98 valence electrons. The van der Waals surface area contributed by atoms with Crippen LogP contribution >= 0.6 is 0 Å². The number of rotatable bonds is 2. The summed E-state index contributed by atoms with van der Waals surface area (Å²) in [7, 11) is 0. The van der Waals surface area contributed by atoms with Gasteiger partial charge < -0.3 is 7.43 Å². The summed E-state index contributed by atoms with van der Waals surface area (Å²) >= 11 is 0. The summed E-state index contributed by atoms with van der Waals surface area (Å²) in [5.41, 5.74) is 0. The van der Waals surface area contributed by atoms with E-state index in [1.165, 1.54) is 19.3 Å². The fourth-order valence-corrected chi connectivity index (χ4v) is 3.18. The van der Waals surface area contributed by atoms with Crippen LogP contribution in [0.15, 0.2) is 18.2 Å². The predicted octanol–water partition coefficient (Wildman–Crippen LogP) is 4.69. The third-order valence-electron chi connectivity index (χ3n) is 4.47. The fraction of sp³-hybridized carbons (Fsp3) is 0.688. The molecule has 0 saturated heterocycles. The van der Waals surface area contributed by atoms with Crippen molar-refractivity contribution in [2.24, 2.45) is 29.6 Å². The van der Waals surface area contributed by atoms with Gasteiger partial charge in [-0.05, 0) is 30.1 Å². The monoisotopic (exact) mass is 320 g/mol. The van der Waals surface area contributed by atoms with Gasteiger partial charge in [-0.15, -0.1) is 0 Å². The van der Waals surface area contributed by atoms with Crippen molar-refractivity contribution in [1.82, 2.24) is 0 Å². The molecule has 4 unspecified atom stereocenters. The number of hydrogen-bond donors (Lipinski definition) is 0. The SMILES string of the molecule is CC(C)C(C)C1CCCC2C=CC=[C-]C21.[CH3-].[Ru+2]. The molecule has 1 saturated carbocycles. The molecule has 2 aliphatic carbocycles. The molecular weight excluding hydrogens is 293 g/mol. The van der Waals surface area contributed by atoms with Gasteiger partial charge in [0.2, 0.25) is 0 Å². The van der Waals surface area contributed by atoms with Gasteiger partial charge in [-0.3, -0.25) is 6.08 Å². The third-order valence-corrected chi connectivity index (χ3v) is 4.47. The molecular formula is C16H26Ru. The van der Waals surface area contributed by atoms with Crippen LogP contribution in [-0.2, 0) is 19.5 Å². The van der Waals surface area contributed by atoms with Crippen molar-refractivity contribution in [1.29, 1.82) is 0 Å². The maximum atomic E-state index is 3.60. The Labute approximate surface area is 121 Å². The molecule has 2 rings (SSSR count). The van der Waals surface area contributed by atoms with Crippen LogP contribution < -0.4 is 0 Å². The Kier molecular flexibility index (Phi) is 7.56. The first-order valence-electron chi connectivity index (χ1n) is 6.46. The maximum absolute atomic E-state index is 3.60. The quantitative estimate of drug-likeness (QED) is 0.512. The van der Waals surface area contributed by atoms with E-state index in [4.69, 9.17) is 0 Å². The van der Waals surface area contributed by atoms with Crippen molar-refractivity contribution in [3.05, 3.63) is 31.7 Å². The molecule has 0 nitrogen and oxygen atoms in total. The van der Waals surface area contributed by atoms with Crippen LogP contribution in [0.2, 0.25) is 0 Å². The Morgan fingerprint density at radius 1 is 1.18 bits per heavy atom. The first-order chi connectivity index (χ1) is 7.20. The van der Waals surface area contributed by atoms with E-state index in [0.717, 1.165) is 23.7 Å². The van der Waals surface area contributed by atoms with Crippen LogP contribution in [0.4, 0.5) is 0 Å². The van der Waals surface area contributed by atoms with E-state index in [-0.39, 0.29) is 26.9 Å². The van der Waals surface area contributed by atoms with Gasteiger partial charge in [0.05, 0.1) is 0 Å². The van der Waals surface area contributed by atoms with Crippen molar-refractivity contribution >= 4 is 0 Å². The van der Waals surface area contributed by atoms with Crippen molar-refractivity contribution in [3.63, 3.8) is 0 Å². The summed E-state index contributed by atoms with van der Waals surface area (Å²) < 4.78 is 0. The minimum Gasteiger partial charge on any atom is -0.358 e. The van der Waals surface area contributed by atoms with E-state index in [9.17, 15) is 0 Å². The Balaban J connectivity index is 0.00000128. The Bertz CT molecular complexity index is 265. The molecule has 0 aromatic heterocycles. The smallest absolute Gasteiger partial charge is 0.358 e. The van der Waals surface area contributed by atoms with E-state index in [2.05, 4.69) is 45.1 Å². The first-order valence-corrected chi connectivity index (χ1v) is 6.46. The zero-order valence-electron chi connectivity index (χ0n) is 11.6. The molecule has 4 atom stereocenters. The van der Waals surface area contributed by atoms with Crippen molar-refractivity contribution in [3.8, 4) is 0 Å². The molecule has 0 aliphatic heterocycles. The molecule has 0 bridgehead atoms. The molecule has 17 heavy (non-hydrogen) atoms. The minimum absolute atomic E-state index is 0. The van der Waals surface area contributed by atoms with Crippen molar-refractivity contribution in [2.75, 3.05) is 0 Å². The van der Waals surface area contributed by atoms with Crippen LogP contribution in [0.1, 0.15) is 40.0 Å². The van der Waals surface area contributed by atoms with Crippen LogP contribution in [0.25, 0.3) is 0 Å². The summed E-state index contributed by atoms with van der Waals surface area (Å²) in [6, 6.07) is 0. The van der Waals surface area contributed by atoms with Gasteiger partial charge in [-0.2, -0.15) is 6.08 Å². The molecule has 0 aromatic rings. The molecule has 0 amide bonds. The zero-order valence-corrected chi connectivity index (χ0v) is 13.3. The average molecular weight is 319 g/mol. The van der Waals surface area contributed by atoms with Gasteiger partial charge in [0.1, 0.15) is 0 Å². The summed E-state index contributed by atoms with van der Waals surface area (Å²) in [5, 5.41) is 0. The standard InChI is InChI=1S/C15H23.CH3.Ru/c1-11(2)12(3)14-10-6-8-13-7-4-5-9-15(13)14;;/h4-5,7,11-15H,6,8,10H2,1-3H3;1H3;/q2*-1;+2. The average Bonchev–Trinajstić information content (AvgIpc) is 2.27. The van der Waals surface area contributed by atoms with E-state index in [1.54, 1.807) is 0 Å². The van der Waals surface area contributed by atoms with E-state index < -0.39 is 0 Å². The first kappa shape index (κ1) is 17.1. The molecule has 0 aromatic carbocycles. The third kappa shape index (κ3) is 3.78. The number of fused-ring (bicyclic) bond motifs is 1. The van der Waals surface area contributed by atoms with Crippen LogP contribution in [-0.4, -0.2) is 0 Å². The fourth-order valence-electron chi connectivity index (χ4n) is 3.18. The summed E-state index contributed by atoms with van der Waals surface area (Å²) in [4.78, 5) is 0. The summed E-state index contributed by atoms with van der Waals surface area (Å²) in [6.45, 7) is 7.14. The molecule has 1 heteroatoms.